The first-order valence-corrected chi connectivity index (χ1v) is 24.2. The van der Waals surface area contributed by atoms with Gasteiger partial charge in [0.1, 0.15) is 28.4 Å². The highest BCUT2D eigenvalue weighted by molar-refractivity contribution is 6.22. The Morgan fingerprint density at radius 2 is 0.706 bits per heavy atom. The van der Waals surface area contributed by atoms with Crippen LogP contribution in [0.4, 0.5) is 0 Å². The highest BCUT2D eigenvalue weighted by Crippen LogP contribution is 2.44. The third kappa shape index (κ3) is 5.86. The summed E-state index contributed by atoms with van der Waals surface area (Å²) in [6.45, 7) is 18.1. The summed E-state index contributed by atoms with van der Waals surface area (Å²) in [4.78, 5) is 0. The molecule has 0 radical (unpaired) electrons. The summed E-state index contributed by atoms with van der Waals surface area (Å²) in [5.41, 5.74) is 15.7. The Kier molecular flexibility index (Phi) is 8.68. The molecule has 0 saturated heterocycles. The normalized spacial score (nSPS) is 12.6. The topological polar surface area (TPSA) is 59.9 Å². The zero-order chi connectivity index (χ0) is 46.4. The first-order valence-electron chi connectivity index (χ1n) is 24.2. The molecule has 0 unspecified atom stereocenters. The maximum Gasteiger partial charge on any atom is 0.140 e. The Morgan fingerprint density at radius 3 is 1.03 bits per heavy atom. The number of hydrogen-bond acceptors (Lipinski definition) is 3. The summed E-state index contributed by atoms with van der Waals surface area (Å²) < 4.78 is 18.1. The predicted molar refractivity (Wildman–Crippen MR) is 286 cm³/mol. The number of benzene rings is 9. The molecule has 5 nitrogen and oxygen atoms in total. The number of aromatic nitrogens is 2. The van der Waals surface area contributed by atoms with Crippen LogP contribution in [0.3, 0.4) is 0 Å². The average molecular weight is 882 g/mol. The summed E-state index contributed by atoms with van der Waals surface area (Å²) in [6.07, 6.45) is 0. The molecule has 13 aromatic rings. The highest BCUT2D eigenvalue weighted by atomic mass is 16.3. The van der Waals surface area contributed by atoms with Gasteiger partial charge in [-0.1, -0.05) is 91.8 Å². The van der Waals surface area contributed by atoms with Gasteiger partial charge in [-0.3, -0.25) is 0 Å². The molecular weight excluding hydrogens is 831 g/mol. The van der Waals surface area contributed by atoms with Crippen molar-refractivity contribution in [2.24, 2.45) is 0 Å². The van der Waals surface area contributed by atoms with Crippen molar-refractivity contribution in [2.75, 3.05) is 0 Å². The van der Waals surface area contributed by atoms with Gasteiger partial charge in [0.15, 0.2) is 0 Å². The van der Waals surface area contributed by atoms with Gasteiger partial charge >= 0.3 is 0 Å². The summed E-state index contributed by atoms with van der Waals surface area (Å²) >= 11 is 0. The minimum Gasteiger partial charge on any atom is -0.456 e. The van der Waals surface area contributed by atoms with Crippen molar-refractivity contribution in [3.63, 3.8) is 0 Å². The van der Waals surface area contributed by atoms with Crippen LogP contribution in [0.1, 0.15) is 107 Å². The Morgan fingerprint density at radius 1 is 0.353 bits per heavy atom. The van der Waals surface area contributed by atoms with Gasteiger partial charge in [-0.25, -0.2) is 0 Å². The SMILES string of the molecule is CC(C)c1ccc2c(c1)c1cc(C(C)C)ccc1n2-c1ccc2cc3c(cc2c1)oc1cc2oc4cc5cc(-n6c7ccc(C(C)C)cc7c7cc(C(C)C)ccc76)ccc5cc4c2c(C#N)c13. The lowest BCUT2D eigenvalue weighted by Gasteiger charge is -2.11. The van der Waals surface area contributed by atoms with Gasteiger partial charge in [-0.15, -0.1) is 0 Å². The molecule has 0 saturated carbocycles. The molecule has 0 bridgehead atoms. The maximum atomic E-state index is 11.0. The zero-order valence-corrected chi connectivity index (χ0v) is 39.7. The van der Waals surface area contributed by atoms with Crippen LogP contribution in [0.2, 0.25) is 0 Å². The summed E-state index contributed by atoms with van der Waals surface area (Å²) in [6, 6.07) is 54.3. The van der Waals surface area contributed by atoms with Crippen molar-refractivity contribution in [3.8, 4) is 17.4 Å². The predicted octanol–water partition coefficient (Wildman–Crippen LogP) is 18.4. The van der Waals surface area contributed by atoms with E-state index in [0.717, 1.165) is 65.6 Å². The van der Waals surface area contributed by atoms with Crippen LogP contribution in [0.15, 0.2) is 148 Å². The number of fused-ring (bicyclic) bond motifs is 14. The fraction of sp³-hybridized carbons (Fsp3) is 0.190. The number of rotatable bonds is 6. The minimum atomic E-state index is 0.437. The Labute approximate surface area is 394 Å². The fourth-order valence-corrected chi connectivity index (χ4v) is 11.2. The van der Waals surface area contributed by atoms with Crippen LogP contribution >= 0.6 is 0 Å². The number of nitrogens with zero attached hydrogens (tertiary/aromatic N) is 3. The van der Waals surface area contributed by atoms with Gasteiger partial charge in [0.2, 0.25) is 0 Å². The van der Waals surface area contributed by atoms with Crippen molar-refractivity contribution in [2.45, 2.75) is 79.1 Å². The van der Waals surface area contributed by atoms with E-state index in [1.807, 2.05) is 6.07 Å². The summed E-state index contributed by atoms with van der Waals surface area (Å²) in [5.74, 6) is 1.75. The third-order valence-corrected chi connectivity index (χ3v) is 15.0. The quantitative estimate of drug-likeness (QED) is 0.167. The summed E-state index contributed by atoms with van der Waals surface area (Å²) in [5, 5.41) is 23.9. The van der Waals surface area contributed by atoms with Crippen LogP contribution in [0.25, 0.3) is 120 Å². The van der Waals surface area contributed by atoms with Crippen molar-refractivity contribution in [3.05, 3.63) is 167 Å². The maximum absolute atomic E-state index is 11.0. The molecular formula is C63H51N3O2. The molecule has 0 N–H and O–H groups in total. The van der Waals surface area contributed by atoms with Gasteiger partial charge in [-0.2, -0.15) is 5.26 Å². The lowest BCUT2D eigenvalue weighted by molar-refractivity contribution is 0.656. The minimum absolute atomic E-state index is 0.437. The second-order valence-corrected chi connectivity index (χ2v) is 20.5. The van der Waals surface area contributed by atoms with Gasteiger partial charge in [0.05, 0.1) is 27.6 Å². The van der Waals surface area contributed by atoms with Crippen LogP contribution < -0.4 is 0 Å². The first kappa shape index (κ1) is 40.5. The van der Waals surface area contributed by atoms with Gasteiger partial charge in [0, 0.05) is 60.5 Å². The Hall–Kier alpha value is -7.81. The number of furan rings is 2. The van der Waals surface area contributed by atoms with E-state index in [1.54, 1.807) is 0 Å². The van der Waals surface area contributed by atoms with Crippen molar-refractivity contribution < 1.29 is 8.83 Å². The number of hydrogen-bond donors (Lipinski definition) is 0. The smallest absolute Gasteiger partial charge is 0.140 e. The molecule has 0 amide bonds. The molecule has 330 valence electrons. The molecule has 0 aliphatic rings. The lowest BCUT2D eigenvalue weighted by Crippen LogP contribution is -1.95. The van der Waals surface area contributed by atoms with E-state index >= 15 is 0 Å². The monoisotopic (exact) mass is 881 g/mol. The molecule has 13 rings (SSSR count). The van der Waals surface area contributed by atoms with E-state index in [4.69, 9.17) is 8.83 Å². The molecule has 5 heteroatoms. The zero-order valence-electron chi connectivity index (χ0n) is 39.7. The van der Waals surface area contributed by atoms with E-state index in [-0.39, 0.29) is 0 Å². The molecule has 9 aromatic carbocycles. The molecule has 0 aliphatic heterocycles. The van der Waals surface area contributed by atoms with Crippen molar-refractivity contribution >= 4 is 109 Å². The van der Waals surface area contributed by atoms with Gasteiger partial charge in [0.25, 0.3) is 0 Å². The van der Waals surface area contributed by atoms with E-state index in [0.29, 0.717) is 40.4 Å². The van der Waals surface area contributed by atoms with E-state index in [2.05, 4.69) is 204 Å². The molecule has 0 atom stereocenters. The largest absolute Gasteiger partial charge is 0.456 e. The van der Waals surface area contributed by atoms with E-state index < -0.39 is 0 Å². The molecule has 0 spiro atoms. The van der Waals surface area contributed by atoms with Gasteiger partial charge in [-0.05, 0) is 165 Å². The van der Waals surface area contributed by atoms with Crippen molar-refractivity contribution in [1.82, 2.24) is 9.13 Å². The third-order valence-electron chi connectivity index (χ3n) is 15.0. The van der Waals surface area contributed by atoms with Crippen LogP contribution in [0.5, 0.6) is 0 Å². The van der Waals surface area contributed by atoms with Crippen molar-refractivity contribution in [1.29, 1.82) is 5.26 Å². The average Bonchev–Trinajstić information content (AvgIpc) is 4.07. The van der Waals surface area contributed by atoms with E-state index in [1.165, 1.54) is 65.9 Å². The van der Waals surface area contributed by atoms with Gasteiger partial charge < -0.3 is 18.0 Å². The van der Waals surface area contributed by atoms with E-state index in [9.17, 15) is 5.26 Å². The fourth-order valence-electron chi connectivity index (χ4n) is 11.2. The molecule has 4 heterocycles. The first-order chi connectivity index (χ1) is 32.9. The Bertz CT molecular complexity index is 3950. The molecule has 4 aromatic heterocycles. The second-order valence-electron chi connectivity index (χ2n) is 20.5. The molecule has 68 heavy (non-hydrogen) atoms. The molecule has 0 fully saturated rings. The second kappa shape index (κ2) is 14.6. The van der Waals surface area contributed by atoms with Crippen LogP contribution in [-0.2, 0) is 0 Å². The number of nitriles is 1. The van der Waals surface area contributed by atoms with Crippen LogP contribution in [0, 0.1) is 11.3 Å². The standard InChI is InChI=1S/C63H51N3O2/c1-33(2)37-11-17-54-47(23-37)48-24-38(34(3)4)12-18-55(48)65(54)45-15-9-41-27-51-58(29-43(41)21-45)67-60-31-61-63(53(32-64)62(51)60)52-28-42-10-16-46(22-44(42)30-59(52)68-61)66-56-19-13-39(35(5)6)25-49(56)50-26-40(36(7)8)14-20-57(50)66/h9-31,33-36H,1-8H3. The Balaban J connectivity index is 0.945. The highest BCUT2D eigenvalue weighted by Gasteiger charge is 2.23. The van der Waals surface area contributed by atoms with Crippen LogP contribution in [-0.4, -0.2) is 9.13 Å². The lowest BCUT2D eigenvalue weighted by atomic mass is 9.98. The molecule has 0 aliphatic carbocycles. The summed E-state index contributed by atoms with van der Waals surface area (Å²) in [7, 11) is 0.